The number of carboxylic acid groups (broad SMARTS) is 1. The van der Waals surface area contributed by atoms with Crippen LogP contribution in [-0.2, 0) is 12.8 Å². The van der Waals surface area contributed by atoms with Crippen molar-refractivity contribution in [2.45, 2.75) is 38.5 Å². The Balaban J connectivity index is 2.50. The van der Waals surface area contributed by atoms with E-state index in [1.165, 1.54) is 12.8 Å². The van der Waals surface area contributed by atoms with Crippen molar-refractivity contribution in [3.8, 4) is 0 Å². The highest BCUT2D eigenvalue weighted by Gasteiger charge is 2.19. The van der Waals surface area contributed by atoms with E-state index in [2.05, 4.69) is 4.98 Å². The van der Waals surface area contributed by atoms with E-state index in [9.17, 15) is 4.79 Å². The Labute approximate surface area is 94.5 Å². The maximum atomic E-state index is 11.2. The first-order chi connectivity index (χ1) is 7.70. The smallest absolute Gasteiger partial charge is 0.339 e. The minimum absolute atomic E-state index is 0.145. The van der Waals surface area contributed by atoms with Crippen molar-refractivity contribution >= 4 is 11.8 Å². The highest BCUT2D eigenvalue weighted by molar-refractivity contribution is 5.94. The van der Waals surface area contributed by atoms with E-state index in [1.54, 1.807) is 6.20 Å². The van der Waals surface area contributed by atoms with Crippen molar-refractivity contribution in [2.24, 2.45) is 0 Å². The molecule has 1 aliphatic rings. The second-order valence-corrected chi connectivity index (χ2v) is 4.24. The first-order valence-corrected chi connectivity index (χ1v) is 5.69. The molecule has 0 unspecified atom stereocenters. The number of hydrogen-bond donors (Lipinski definition) is 2. The standard InChI is InChI=1S/C12H16N2O2/c13-11-10(12(15)16)9-6-4-2-1-3-5-8(9)7-14-11/h7H,1-6H2,(H2,13,14)(H,15,16). The summed E-state index contributed by atoms with van der Waals surface area (Å²) < 4.78 is 0. The number of fused-ring (bicyclic) bond motifs is 1. The van der Waals surface area contributed by atoms with Crippen LogP contribution in [0.4, 0.5) is 5.82 Å². The van der Waals surface area contributed by atoms with Crippen molar-refractivity contribution in [3.05, 3.63) is 22.9 Å². The number of pyridine rings is 1. The zero-order chi connectivity index (χ0) is 11.5. The molecule has 0 aliphatic heterocycles. The SMILES string of the molecule is Nc1ncc2c(c1C(=O)O)CCCCCC2. The lowest BCUT2D eigenvalue weighted by Gasteiger charge is -2.16. The minimum Gasteiger partial charge on any atom is -0.478 e. The lowest BCUT2D eigenvalue weighted by atomic mass is 9.91. The van der Waals surface area contributed by atoms with Gasteiger partial charge in [-0.2, -0.15) is 0 Å². The summed E-state index contributed by atoms with van der Waals surface area (Å²) in [6, 6.07) is 0. The predicted octanol–water partition coefficient (Wildman–Crippen LogP) is 2.02. The molecular weight excluding hydrogens is 204 g/mol. The fourth-order valence-corrected chi connectivity index (χ4v) is 2.32. The van der Waals surface area contributed by atoms with Crippen molar-refractivity contribution in [3.63, 3.8) is 0 Å². The third kappa shape index (κ3) is 2.01. The van der Waals surface area contributed by atoms with Gasteiger partial charge < -0.3 is 10.8 Å². The average molecular weight is 220 g/mol. The summed E-state index contributed by atoms with van der Waals surface area (Å²) in [4.78, 5) is 15.2. The van der Waals surface area contributed by atoms with Crippen LogP contribution in [0.5, 0.6) is 0 Å². The van der Waals surface area contributed by atoms with E-state index in [0.717, 1.165) is 36.8 Å². The summed E-state index contributed by atoms with van der Waals surface area (Å²) in [5, 5.41) is 9.16. The highest BCUT2D eigenvalue weighted by atomic mass is 16.4. The van der Waals surface area contributed by atoms with Gasteiger partial charge in [0.05, 0.1) is 0 Å². The third-order valence-corrected chi connectivity index (χ3v) is 3.14. The fraction of sp³-hybridized carbons (Fsp3) is 0.500. The molecule has 4 nitrogen and oxygen atoms in total. The van der Waals surface area contributed by atoms with Gasteiger partial charge in [0.15, 0.2) is 0 Å². The fourth-order valence-electron chi connectivity index (χ4n) is 2.32. The number of rotatable bonds is 1. The monoisotopic (exact) mass is 220 g/mol. The Morgan fingerprint density at radius 3 is 2.62 bits per heavy atom. The number of nitrogen functional groups attached to an aromatic ring is 1. The normalized spacial score (nSPS) is 16.0. The second-order valence-electron chi connectivity index (χ2n) is 4.24. The summed E-state index contributed by atoms with van der Waals surface area (Å²) in [6.45, 7) is 0. The molecule has 0 spiro atoms. The maximum absolute atomic E-state index is 11.2. The first-order valence-electron chi connectivity index (χ1n) is 5.69. The summed E-state index contributed by atoms with van der Waals surface area (Å²) >= 11 is 0. The van der Waals surface area contributed by atoms with Crippen LogP contribution in [0.15, 0.2) is 6.20 Å². The average Bonchev–Trinajstić information content (AvgIpc) is 2.19. The topological polar surface area (TPSA) is 76.2 Å². The Morgan fingerprint density at radius 2 is 1.94 bits per heavy atom. The van der Waals surface area contributed by atoms with Crippen LogP contribution >= 0.6 is 0 Å². The zero-order valence-electron chi connectivity index (χ0n) is 9.20. The molecule has 0 atom stereocenters. The Bertz CT molecular complexity index is 416. The molecule has 0 amide bonds. The zero-order valence-corrected chi connectivity index (χ0v) is 9.20. The van der Waals surface area contributed by atoms with Crippen LogP contribution in [0.2, 0.25) is 0 Å². The van der Waals surface area contributed by atoms with Gasteiger partial charge in [0, 0.05) is 6.20 Å². The number of aromatic carboxylic acids is 1. The summed E-state index contributed by atoms with van der Waals surface area (Å²) in [5.74, 6) is -0.811. The quantitative estimate of drug-likeness (QED) is 0.759. The number of hydrogen-bond acceptors (Lipinski definition) is 3. The second kappa shape index (κ2) is 4.51. The van der Waals surface area contributed by atoms with Crippen LogP contribution in [0.25, 0.3) is 0 Å². The molecule has 4 heteroatoms. The van der Waals surface area contributed by atoms with Crippen LogP contribution in [0.1, 0.15) is 47.2 Å². The summed E-state index contributed by atoms with van der Waals surface area (Å²) in [6.07, 6.45) is 8.00. The van der Waals surface area contributed by atoms with Crippen LogP contribution in [0, 0.1) is 0 Å². The highest BCUT2D eigenvalue weighted by Crippen LogP contribution is 2.25. The summed E-state index contributed by atoms with van der Waals surface area (Å²) in [5.41, 5.74) is 7.83. The van der Waals surface area contributed by atoms with Crippen molar-refractivity contribution in [2.75, 3.05) is 5.73 Å². The van der Waals surface area contributed by atoms with E-state index in [0.29, 0.717) is 0 Å². The first kappa shape index (κ1) is 10.9. The lowest BCUT2D eigenvalue weighted by Crippen LogP contribution is -2.13. The van der Waals surface area contributed by atoms with E-state index in [4.69, 9.17) is 10.8 Å². The molecule has 3 N–H and O–H groups in total. The number of aromatic nitrogens is 1. The van der Waals surface area contributed by atoms with Crippen molar-refractivity contribution in [1.29, 1.82) is 0 Å². The van der Waals surface area contributed by atoms with Crippen LogP contribution in [-0.4, -0.2) is 16.1 Å². The number of nitrogens with two attached hydrogens (primary N) is 1. The molecule has 2 rings (SSSR count). The molecule has 0 bridgehead atoms. The van der Waals surface area contributed by atoms with Gasteiger partial charge in [-0.3, -0.25) is 0 Å². The van der Waals surface area contributed by atoms with Gasteiger partial charge in [0.1, 0.15) is 11.4 Å². The van der Waals surface area contributed by atoms with E-state index < -0.39 is 5.97 Å². The Kier molecular flexibility index (Phi) is 3.08. The largest absolute Gasteiger partial charge is 0.478 e. The molecule has 1 aromatic heterocycles. The van der Waals surface area contributed by atoms with E-state index in [1.807, 2.05) is 0 Å². The van der Waals surface area contributed by atoms with Gasteiger partial charge in [-0.15, -0.1) is 0 Å². The van der Waals surface area contributed by atoms with Crippen LogP contribution < -0.4 is 5.73 Å². The number of anilines is 1. The molecule has 1 aliphatic carbocycles. The summed E-state index contributed by atoms with van der Waals surface area (Å²) in [7, 11) is 0. The molecule has 0 saturated carbocycles. The van der Waals surface area contributed by atoms with Gasteiger partial charge in [-0.1, -0.05) is 12.8 Å². The van der Waals surface area contributed by atoms with Gasteiger partial charge in [-0.25, -0.2) is 9.78 Å². The number of carbonyl (C=O) groups is 1. The Morgan fingerprint density at radius 1 is 1.25 bits per heavy atom. The minimum atomic E-state index is -0.956. The van der Waals surface area contributed by atoms with E-state index >= 15 is 0 Å². The van der Waals surface area contributed by atoms with Crippen LogP contribution in [0.3, 0.4) is 0 Å². The molecular formula is C12H16N2O2. The molecule has 16 heavy (non-hydrogen) atoms. The number of nitrogens with zero attached hydrogens (tertiary/aromatic N) is 1. The lowest BCUT2D eigenvalue weighted by molar-refractivity contribution is 0.0696. The molecule has 0 radical (unpaired) electrons. The number of aryl methyl sites for hydroxylation is 1. The predicted molar refractivity (Wildman–Crippen MR) is 61.5 cm³/mol. The van der Waals surface area contributed by atoms with Gasteiger partial charge >= 0.3 is 5.97 Å². The molecule has 1 aromatic rings. The van der Waals surface area contributed by atoms with E-state index in [-0.39, 0.29) is 11.4 Å². The maximum Gasteiger partial charge on any atom is 0.339 e. The van der Waals surface area contributed by atoms with Crippen molar-refractivity contribution in [1.82, 2.24) is 4.98 Å². The third-order valence-electron chi connectivity index (χ3n) is 3.14. The molecule has 0 saturated heterocycles. The van der Waals surface area contributed by atoms with Gasteiger partial charge in [-0.05, 0) is 36.8 Å². The molecule has 0 fully saturated rings. The van der Waals surface area contributed by atoms with Gasteiger partial charge in [0.2, 0.25) is 0 Å². The molecule has 1 heterocycles. The molecule has 86 valence electrons. The van der Waals surface area contributed by atoms with Gasteiger partial charge in [0.25, 0.3) is 0 Å². The number of carboxylic acids is 1. The Hall–Kier alpha value is -1.58. The molecule has 0 aromatic carbocycles. The van der Waals surface area contributed by atoms with Crippen molar-refractivity contribution < 1.29 is 9.90 Å².